The second-order valence-corrected chi connectivity index (χ2v) is 11.0. The maximum atomic E-state index is 13.8. The molecule has 2 aliphatic heterocycles. The smallest absolute Gasteiger partial charge is 0.323 e. The number of hydrogen-bond donors (Lipinski definition) is 3. The summed E-state index contributed by atoms with van der Waals surface area (Å²) >= 11 is 0. The first-order chi connectivity index (χ1) is 20.7. The minimum absolute atomic E-state index is 0.0293. The van der Waals surface area contributed by atoms with Gasteiger partial charge in [0, 0.05) is 36.9 Å². The van der Waals surface area contributed by atoms with E-state index in [2.05, 4.69) is 15.5 Å². The number of amides is 3. The Balaban J connectivity index is 1.33. The highest BCUT2D eigenvalue weighted by Gasteiger charge is 2.33. The number of likely N-dealkylation sites (N-methyl/N-ethyl adjacent to an activating group) is 1. The lowest BCUT2D eigenvalue weighted by Gasteiger charge is -2.38. The van der Waals surface area contributed by atoms with Crippen LogP contribution in [0.1, 0.15) is 29.8 Å². The van der Waals surface area contributed by atoms with Crippen LogP contribution in [0.4, 0.5) is 16.2 Å². The molecule has 5 rings (SSSR count). The van der Waals surface area contributed by atoms with E-state index in [1.165, 1.54) is 0 Å². The molecule has 3 atom stereocenters. The number of anilines is 2. The number of nitrogens with zero attached hydrogens (tertiary/aromatic N) is 2. The van der Waals surface area contributed by atoms with E-state index < -0.39 is 12.1 Å². The van der Waals surface area contributed by atoms with E-state index in [9.17, 15) is 14.7 Å². The van der Waals surface area contributed by atoms with Crippen molar-refractivity contribution in [1.82, 2.24) is 9.80 Å². The molecule has 2 heterocycles. The third kappa shape index (κ3) is 7.12. The van der Waals surface area contributed by atoms with Gasteiger partial charge in [0.15, 0.2) is 11.5 Å². The first kappa shape index (κ1) is 30.0. The summed E-state index contributed by atoms with van der Waals surface area (Å²) in [6.07, 6.45) is -0.253. The summed E-state index contributed by atoms with van der Waals surface area (Å²) in [6.45, 7) is 5.58. The topological polar surface area (TPSA) is 122 Å². The van der Waals surface area contributed by atoms with Gasteiger partial charge in [-0.05, 0) is 74.1 Å². The molecule has 0 spiro atoms. The number of aliphatic hydroxyl groups excluding tert-OH is 1. The van der Waals surface area contributed by atoms with Crippen molar-refractivity contribution in [1.29, 1.82) is 0 Å². The van der Waals surface area contributed by atoms with Crippen LogP contribution in [0, 0.1) is 5.92 Å². The molecule has 3 amide bonds. The molecular weight excluding hydrogens is 552 g/mol. The van der Waals surface area contributed by atoms with Gasteiger partial charge in [0.1, 0.15) is 17.6 Å². The van der Waals surface area contributed by atoms with Crippen LogP contribution in [-0.2, 0) is 6.54 Å². The molecule has 0 bridgehead atoms. The van der Waals surface area contributed by atoms with Gasteiger partial charge in [0.25, 0.3) is 5.91 Å². The van der Waals surface area contributed by atoms with Gasteiger partial charge in [-0.1, -0.05) is 13.0 Å². The van der Waals surface area contributed by atoms with Crippen molar-refractivity contribution in [3.63, 3.8) is 0 Å². The second kappa shape index (κ2) is 13.2. The molecule has 0 unspecified atom stereocenters. The van der Waals surface area contributed by atoms with Crippen LogP contribution in [-0.4, -0.2) is 79.6 Å². The Kier molecular flexibility index (Phi) is 9.22. The Bertz CT molecular complexity index is 1450. The van der Waals surface area contributed by atoms with E-state index in [-0.39, 0.29) is 31.3 Å². The van der Waals surface area contributed by atoms with Crippen LogP contribution in [0.5, 0.6) is 23.0 Å². The van der Waals surface area contributed by atoms with Gasteiger partial charge < -0.3 is 39.6 Å². The van der Waals surface area contributed by atoms with Gasteiger partial charge in [-0.2, -0.15) is 0 Å². The number of nitrogens with one attached hydrogen (secondary N) is 2. The summed E-state index contributed by atoms with van der Waals surface area (Å²) in [7, 11) is 3.60. The molecule has 2 aliphatic rings. The average Bonchev–Trinajstić information content (AvgIpc) is 3.47. The third-order valence-corrected chi connectivity index (χ3v) is 7.65. The lowest BCUT2D eigenvalue weighted by molar-refractivity contribution is 0.0341. The minimum Gasteiger partial charge on any atom is -0.497 e. The lowest BCUT2D eigenvalue weighted by Crippen LogP contribution is -2.49. The van der Waals surface area contributed by atoms with Crippen LogP contribution < -0.4 is 29.6 Å². The number of ether oxygens (including phenoxy) is 4. The Morgan fingerprint density at radius 2 is 1.74 bits per heavy atom. The summed E-state index contributed by atoms with van der Waals surface area (Å²) in [6, 6.07) is 17.1. The van der Waals surface area contributed by atoms with E-state index in [1.807, 2.05) is 39.1 Å². The Morgan fingerprint density at radius 1 is 1.05 bits per heavy atom. The highest BCUT2D eigenvalue weighted by Crippen LogP contribution is 2.34. The minimum atomic E-state index is -0.457. The van der Waals surface area contributed by atoms with Gasteiger partial charge in [-0.15, -0.1) is 0 Å². The van der Waals surface area contributed by atoms with Crippen LogP contribution in [0.15, 0.2) is 60.7 Å². The summed E-state index contributed by atoms with van der Waals surface area (Å²) in [5, 5.41) is 15.5. The number of methoxy groups -OCH3 is 1. The zero-order valence-electron chi connectivity index (χ0n) is 24.8. The van der Waals surface area contributed by atoms with Crippen LogP contribution in [0.3, 0.4) is 0 Å². The van der Waals surface area contributed by atoms with Gasteiger partial charge in [0.2, 0.25) is 6.79 Å². The number of carbonyl (C=O) groups is 2. The lowest BCUT2D eigenvalue weighted by atomic mass is 9.99. The molecule has 43 heavy (non-hydrogen) atoms. The van der Waals surface area contributed by atoms with Gasteiger partial charge in [-0.25, -0.2) is 4.79 Å². The molecule has 0 saturated heterocycles. The first-order valence-corrected chi connectivity index (χ1v) is 14.3. The molecular formula is C32H38N4O7. The summed E-state index contributed by atoms with van der Waals surface area (Å²) < 4.78 is 22.6. The van der Waals surface area contributed by atoms with Crippen molar-refractivity contribution < 1.29 is 33.6 Å². The van der Waals surface area contributed by atoms with Crippen molar-refractivity contribution in [2.24, 2.45) is 5.92 Å². The fourth-order valence-electron chi connectivity index (χ4n) is 5.21. The average molecular weight is 591 g/mol. The van der Waals surface area contributed by atoms with E-state index in [4.69, 9.17) is 18.9 Å². The van der Waals surface area contributed by atoms with Crippen molar-refractivity contribution >= 4 is 23.3 Å². The summed E-state index contributed by atoms with van der Waals surface area (Å²) in [5.41, 5.74) is 2.43. The second-order valence-electron chi connectivity index (χ2n) is 11.0. The molecule has 3 aromatic carbocycles. The molecule has 11 heteroatoms. The molecule has 0 fully saturated rings. The highest BCUT2D eigenvalue weighted by atomic mass is 16.7. The number of benzene rings is 3. The number of hydrogen-bond acceptors (Lipinski definition) is 8. The van der Waals surface area contributed by atoms with Gasteiger partial charge in [-0.3, -0.25) is 9.69 Å². The van der Waals surface area contributed by atoms with Gasteiger partial charge in [0.05, 0.1) is 25.3 Å². The van der Waals surface area contributed by atoms with Crippen LogP contribution in [0.25, 0.3) is 0 Å². The predicted octanol–water partition coefficient (Wildman–Crippen LogP) is 4.42. The Labute approximate surface area is 251 Å². The van der Waals surface area contributed by atoms with E-state index >= 15 is 0 Å². The molecule has 0 aromatic heterocycles. The fraction of sp³-hybridized carbons (Fsp3) is 0.375. The fourth-order valence-corrected chi connectivity index (χ4v) is 5.21. The maximum absolute atomic E-state index is 13.8. The first-order valence-electron chi connectivity index (χ1n) is 14.3. The van der Waals surface area contributed by atoms with E-state index in [0.717, 1.165) is 17.1 Å². The number of fused-ring (bicyclic) bond motifs is 2. The third-order valence-electron chi connectivity index (χ3n) is 7.65. The predicted molar refractivity (Wildman–Crippen MR) is 162 cm³/mol. The molecule has 228 valence electrons. The van der Waals surface area contributed by atoms with E-state index in [0.29, 0.717) is 48.1 Å². The Morgan fingerprint density at radius 3 is 2.49 bits per heavy atom. The largest absolute Gasteiger partial charge is 0.497 e. The number of urea groups is 1. The normalized spacial score (nSPS) is 18.3. The number of carbonyl (C=O) groups excluding carboxylic acids is 2. The monoisotopic (exact) mass is 590 g/mol. The molecule has 0 aliphatic carbocycles. The zero-order chi connectivity index (χ0) is 30.5. The molecule has 3 N–H and O–H groups in total. The highest BCUT2D eigenvalue weighted by molar-refractivity contribution is 6.02. The SMILES string of the molecule is COc1ccc(NC(=O)Nc2ccc3c(c2)C(=O)N([C@H](C)CO)C[C@@H](C)[C@H](CN(C)Cc2ccc4c(c2)OCO4)O3)cc1. The zero-order valence-corrected chi connectivity index (χ0v) is 24.8. The van der Waals surface area contributed by atoms with Crippen molar-refractivity contribution in [2.45, 2.75) is 32.5 Å². The van der Waals surface area contributed by atoms with Crippen molar-refractivity contribution in [2.75, 3.05) is 51.3 Å². The summed E-state index contributed by atoms with van der Waals surface area (Å²) in [4.78, 5) is 30.3. The number of aliphatic hydroxyl groups is 1. The number of rotatable bonds is 9. The molecule has 0 saturated carbocycles. The summed E-state index contributed by atoms with van der Waals surface area (Å²) in [5.74, 6) is 2.29. The van der Waals surface area contributed by atoms with Crippen LogP contribution in [0.2, 0.25) is 0 Å². The standard InChI is InChI=1S/C32H38N4O7/c1-20-15-36(21(2)18-37)31(38)26-14-24(34-32(39)33-23-6-9-25(40-4)10-7-23)8-12-27(26)43-30(20)17-35(3)16-22-5-11-28-29(13-22)42-19-41-28/h5-14,20-21,30,37H,15-19H2,1-4H3,(H2,33,34,39)/t20-,21-,30+/m1/s1. The molecule has 0 radical (unpaired) electrons. The van der Waals surface area contributed by atoms with Crippen molar-refractivity contribution in [3.05, 3.63) is 71.8 Å². The van der Waals surface area contributed by atoms with Crippen LogP contribution >= 0.6 is 0 Å². The van der Waals surface area contributed by atoms with Gasteiger partial charge >= 0.3 is 6.03 Å². The maximum Gasteiger partial charge on any atom is 0.323 e. The Hall–Kier alpha value is -4.48. The van der Waals surface area contributed by atoms with Crippen molar-refractivity contribution in [3.8, 4) is 23.0 Å². The van der Waals surface area contributed by atoms with E-state index in [1.54, 1.807) is 54.5 Å². The molecule has 11 nitrogen and oxygen atoms in total. The molecule has 3 aromatic rings. The quantitative estimate of drug-likeness (QED) is 0.335.